The fourth-order valence-electron chi connectivity index (χ4n) is 2.32. The first-order valence-electron chi connectivity index (χ1n) is 7.41. The Balaban J connectivity index is 0.00000225. The Labute approximate surface area is 149 Å². The van der Waals surface area contributed by atoms with Crippen LogP contribution in [0.15, 0.2) is 36.5 Å². The molecule has 2 N–H and O–H groups in total. The maximum Gasteiger partial charge on any atom is 0.322 e. The Kier molecular flexibility index (Phi) is 5.86. The van der Waals surface area contributed by atoms with Gasteiger partial charge in [0.15, 0.2) is 0 Å². The number of benzene rings is 1. The third kappa shape index (κ3) is 5.07. The molecule has 0 saturated carbocycles. The highest BCUT2D eigenvalue weighted by atomic mass is 35.5. The molecule has 1 fully saturated rings. The second-order valence-corrected chi connectivity index (χ2v) is 5.59. The van der Waals surface area contributed by atoms with Crippen LogP contribution < -0.4 is 15.4 Å². The lowest BCUT2D eigenvalue weighted by molar-refractivity contribution is -0.118. The number of carbonyl (C=O) groups excluding carboxylic acids is 1. The zero-order valence-electron chi connectivity index (χ0n) is 13.3. The van der Waals surface area contributed by atoms with Crippen LogP contribution in [0.3, 0.4) is 0 Å². The van der Waals surface area contributed by atoms with Gasteiger partial charge in [0, 0.05) is 24.0 Å². The molecular weight excluding hydrogens is 354 g/mol. The highest BCUT2D eigenvalue weighted by molar-refractivity contribution is 5.95. The summed E-state index contributed by atoms with van der Waals surface area (Å²) in [5, 5.41) is 5.11. The second-order valence-electron chi connectivity index (χ2n) is 5.59. The third-order valence-electron chi connectivity index (χ3n) is 3.53. The largest absolute Gasteiger partial charge is 0.424 e. The molecule has 1 aliphatic heterocycles. The van der Waals surface area contributed by atoms with Gasteiger partial charge in [-0.2, -0.15) is 0 Å². The maximum absolute atomic E-state index is 13.1. The van der Waals surface area contributed by atoms with Gasteiger partial charge in [-0.1, -0.05) is 0 Å². The molecule has 134 valence electrons. The van der Waals surface area contributed by atoms with E-state index < -0.39 is 30.8 Å². The van der Waals surface area contributed by atoms with Crippen molar-refractivity contribution in [3.8, 4) is 11.8 Å². The van der Waals surface area contributed by atoms with E-state index in [1.54, 1.807) is 36.5 Å². The first kappa shape index (κ1) is 19.0. The molecule has 1 atom stereocenters. The molecule has 1 aliphatic rings. The van der Waals surface area contributed by atoms with Gasteiger partial charge in [-0.25, -0.2) is 18.7 Å². The van der Waals surface area contributed by atoms with E-state index in [0.29, 0.717) is 11.4 Å². The van der Waals surface area contributed by atoms with Crippen molar-refractivity contribution in [3.05, 3.63) is 42.2 Å². The lowest BCUT2D eigenvalue weighted by Gasteiger charge is -2.11. The summed E-state index contributed by atoms with van der Waals surface area (Å²) in [7, 11) is 0. The Hall–Kier alpha value is -2.32. The minimum absolute atomic E-state index is 0. The van der Waals surface area contributed by atoms with E-state index in [4.69, 9.17) is 4.74 Å². The Bertz CT molecular complexity index is 743. The molecule has 1 unspecified atom stereocenters. The molecule has 1 aromatic heterocycles. The van der Waals surface area contributed by atoms with Crippen LogP contribution in [-0.4, -0.2) is 34.4 Å². The predicted octanol–water partition coefficient (Wildman–Crippen LogP) is 2.93. The number of rotatable bonds is 4. The Morgan fingerprint density at radius 3 is 2.64 bits per heavy atom. The van der Waals surface area contributed by atoms with Gasteiger partial charge in [-0.3, -0.25) is 10.1 Å². The van der Waals surface area contributed by atoms with Gasteiger partial charge in [0.25, 0.3) is 5.92 Å². The standard InChI is InChI=1S/C16H16F2N4O2.ClH/c1-10-6-7-19-15(21-10)24-12-4-2-11(3-5-12)22-14(23)13-8-16(17,18)9-20-13;/h2-7,13,20H,8-9H2,1H3,(H,22,23);1H. The predicted molar refractivity (Wildman–Crippen MR) is 90.5 cm³/mol. The average Bonchev–Trinajstić information content (AvgIpc) is 2.90. The summed E-state index contributed by atoms with van der Waals surface area (Å²) in [6.45, 7) is 1.35. The number of hydrogen-bond donors (Lipinski definition) is 2. The van der Waals surface area contributed by atoms with E-state index in [0.717, 1.165) is 5.69 Å². The molecule has 0 bridgehead atoms. The number of hydrogen-bond acceptors (Lipinski definition) is 5. The van der Waals surface area contributed by atoms with Crippen molar-refractivity contribution in [1.82, 2.24) is 15.3 Å². The normalized spacial score (nSPS) is 18.3. The van der Waals surface area contributed by atoms with Crippen LogP contribution in [0.25, 0.3) is 0 Å². The number of aryl methyl sites for hydroxylation is 1. The molecule has 2 aromatic rings. The average molecular weight is 371 g/mol. The van der Waals surface area contributed by atoms with E-state index in [1.165, 1.54) is 0 Å². The number of nitrogens with one attached hydrogen (secondary N) is 2. The van der Waals surface area contributed by atoms with Crippen molar-refractivity contribution in [2.24, 2.45) is 0 Å². The minimum Gasteiger partial charge on any atom is -0.424 e. The molecule has 1 amide bonds. The Morgan fingerprint density at radius 1 is 1.32 bits per heavy atom. The molecule has 9 heteroatoms. The van der Waals surface area contributed by atoms with E-state index in [9.17, 15) is 13.6 Å². The van der Waals surface area contributed by atoms with Crippen LogP contribution in [0.2, 0.25) is 0 Å². The molecule has 25 heavy (non-hydrogen) atoms. The van der Waals surface area contributed by atoms with Crippen molar-refractivity contribution >= 4 is 24.0 Å². The van der Waals surface area contributed by atoms with Crippen LogP contribution in [0, 0.1) is 6.92 Å². The lowest BCUT2D eigenvalue weighted by Crippen LogP contribution is -2.35. The topological polar surface area (TPSA) is 76.1 Å². The van der Waals surface area contributed by atoms with Crippen molar-refractivity contribution in [2.75, 3.05) is 11.9 Å². The monoisotopic (exact) mass is 370 g/mol. The van der Waals surface area contributed by atoms with Crippen LogP contribution in [0.5, 0.6) is 11.8 Å². The summed E-state index contributed by atoms with van der Waals surface area (Å²) < 4.78 is 31.7. The van der Waals surface area contributed by atoms with Crippen LogP contribution in [-0.2, 0) is 4.79 Å². The first-order chi connectivity index (χ1) is 11.4. The minimum atomic E-state index is -2.84. The first-order valence-corrected chi connectivity index (χ1v) is 7.41. The number of carbonyl (C=O) groups is 1. The van der Waals surface area contributed by atoms with Crippen molar-refractivity contribution in [1.29, 1.82) is 0 Å². The summed E-state index contributed by atoms with van der Waals surface area (Å²) in [4.78, 5) is 20.1. The number of nitrogens with zero attached hydrogens (tertiary/aromatic N) is 2. The second kappa shape index (κ2) is 7.71. The molecular formula is C16H17ClF2N4O2. The number of anilines is 1. The number of halogens is 3. The molecule has 0 aliphatic carbocycles. The SMILES string of the molecule is Cc1ccnc(Oc2ccc(NC(=O)C3CC(F)(F)CN3)cc2)n1.Cl. The third-order valence-corrected chi connectivity index (χ3v) is 3.53. The number of aromatic nitrogens is 2. The summed E-state index contributed by atoms with van der Waals surface area (Å²) in [6, 6.07) is 7.61. The molecule has 3 rings (SSSR count). The van der Waals surface area contributed by atoms with Crippen LogP contribution >= 0.6 is 12.4 Å². The number of alkyl halides is 2. The van der Waals surface area contributed by atoms with Crippen molar-refractivity contribution < 1.29 is 18.3 Å². The van der Waals surface area contributed by atoms with Crippen LogP contribution in [0.4, 0.5) is 14.5 Å². The van der Waals surface area contributed by atoms with Gasteiger partial charge in [0.05, 0.1) is 12.6 Å². The Morgan fingerprint density at radius 2 is 2.04 bits per heavy atom. The van der Waals surface area contributed by atoms with Gasteiger partial charge in [0.1, 0.15) is 5.75 Å². The molecule has 6 nitrogen and oxygen atoms in total. The summed E-state index contributed by atoms with van der Waals surface area (Å²) in [5.41, 5.74) is 1.28. The highest BCUT2D eigenvalue weighted by Gasteiger charge is 2.42. The molecule has 1 saturated heterocycles. The van der Waals surface area contributed by atoms with E-state index in [1.807, 2.05) is 6.92 Å². The zero-order valence-corrected chi connectivity index (χ0v) is 14.1. The van der Waals surface area contributed by atoms with Crippen LogP contribution in [0.1, 0.15) is 12.1 Å². The highest BCUT2D eigenvalue weighted by Crippen LogP contribution is 2.26. The zero-order chi connectivity index (χ0) is 17.2. The van der Waals surface area contributed by atoms with Crippen molar-refractivity contribution in [2.45, 2.75) is 25.3 Å². The summed E-state index contributed by atoms with van der Waals surface area (Å²) in [5.74, 6) is -2.82. The van der Waals surface area contributed by atoms with E-state index in [-0.39, 0.29) is 18.4 Å². The van der Waals surface area contributed by atoms with Crippen molar-refractivity contribution in [3.63, 3.8) is 0 Å². The summed E-state index contributed by atoms with van der Waals surface area (Å²) >= 11 is 0. The molecule has 1 aromatic carbocycles. The molecule has 0 spiro atoms. The fraction of sp³-hybridized carbons (Fsp3) is 0.312. The molecule has 2 heterocycles. The molecule has 0 radical (unpaired) electrons. The summed E-state index contributed by atoms with van der Waals surface area (Å²) in [6.07, 6.45) is 1.10. The van der Waals surface area contributed by atoms with Gasteiger partial charge < -0.3 is 10.1 Å². The fourth-order valence-corrected chi connectivity index (χ4v) is 2.32. The smallest absolute Gasteiger partial charge is 0.322 e. The van der Waals surface area contributed by atoms with Gasteiger partial charge in [0.2, 0.25) is 5.91 Å². The van der Waals surface area contributed by atoms with Gasteiger partial charge in [-0.05, 0) is 37.3 Å². The number of amides is 1. The number of ether oxygens (including phenoxy) is 1. The maximum atomic E-state index is 13.1. The van der Waals surface area contributed by atoms with Gasteiger partial charge in [-0.15, -0.1) is 12.4 Å². The van der Waals surface area contributed by atoms with E-state index >= 15 is 0 Å². The van der Waals surface area contributed by atoms with Gasteiger partial charge >= 0.3 is 6.01 Å². The van der Waals surface area contributed by atoms with E-state index in [2.05, 4.69) is 20.6 Å². The lowest BCUT2D eigenvalue weighted by atomic mass is 10.2. The quantitative estimate of drug-likeness (QED) is 0.865.